The Morgan fingerprint density at radius 3 is 2.42 bits per heavy atom. The molecule has 0 bridgehead atoms. The van der Waals surface area contributed by atoms with Gasteiger partial charge in [0.25, 0.3) is 11.8 Å². The van der Waals surface area contributed by atoms with Gasteiger partial charge in [0.05, 0.1) is 4.91 Å². The Morgan fingerprint density at radius 2 is 1.73 bits per heavy atom. The first-order valence-corrected chi connectivity index (χ1v) is 11.7. The van der Waals surface area contributed by atoms with Crippen molar-refractivity contribution in [1.82, 2.24) is 10.4 Å². The number of ether oxygens (including phenoxy) is 1. The van der Waals surface area contributed by atoms with Crippen LogP contribution in [0.5, 0.6) is 5.75 Å². The van der Waals surface area contributed by atoms with Crippen LogP contribution in [0.1, 0.15) is 21.5 Å². The van der Waals surface area contributed by atoms with Crippen molar-refractivity contribution in [2.24, 2.45) is 0 Å². The molecule has 4 rings (SSSR count). The molecule has 166 valence electrons. The highest BCUT2D eigenvalue weighted by molar-refractivity contribution is 8.26. The fourth-order valence-electron chi connectivity index (χ4n) is 2.92. The van der Waals surface area contributed by atoms with Gasteiger partial charge in [-0.25, -0.2) is 0 Å². The normalized spacial score (nSPS) is 14.6. The van der Waals surface area contributed by atoms with Gasteiger partial charge in [0, 0.05) is 21.2 Å². The monoisotopic (exact) mass is 514 g/mol. The number of carbonyl (C=O) groups is 2. The predicted molar refractivity (Wildman–Crippen MR) is 136 cm³/mol. The number of halogens is 2. The fourth-order valence-corrected chi connectivity index (χ4v) is 4.42. The highest BCUT2D eigenvalue weighted by Gasteiger charge is 2.33. The van der Waals surface area contributed by atoms with E-state index in [1.807, 2.05) is 48.5 Å². The van der Waals surface area contributed by atoms with Crippen molar-refractivity contribution in [1.29, 1.82) is 0 Å². The first-order valence-electron chi connectivity index (χ1n) is 9.71. The molecule has 0 aliphatic carbocycles. The van der Waals surface area contributed by atoms with E-state index < -0.39 is 11.8 Å². The maximum absolute atomic E-state index is 12.8. The number of benzene rings is 3. The SMILES string of the molecule is O=C(NN1C(=O)/C(=C/c2ccc(OCc3ccccc3Cl)cc2)SC1=S)c1ccc(Cl)cc1. The largest absolute Gasteiger partial charge is 0.489 e. The maximum Gasteiger partial charge on any atom is 0.285 e. The molecule has 1 aliphatic heterocycles. The minimum atomic E-state index is -0.454. The quantitative estimate of drug-likeness (QED) is 0.317. The third-order valence-electron chi connectivity index (χ3n) is 4.64. The molecule has 1 aliphatic rings. The summed E-state index contributed by atoms with van der Waals surface area (Å²) < 4.78 is 6.03. The average Bonchev–Trinajstić information content (AvgIpc) is 3.07. The number of rotatable bonds is 6. The van der Waals surface area contributed by atoms with Gasteiger partial charge in [-0.1, -0.05) is 65.3 Å². The van der Waals surface area contributed by atoms with Crippen LogP contribution in [0.25, 0.3) is 6.08 Å². The molecule has 0 atom stereocenters. The van der Waals surface area contributed by atoms with Gasteiger partial charge in [-0.2, -0.15) is 5.01 Å². The smallest absolute Gasteiger partial charge is 0.285 e. The standard InChI is InChI=1S/C24H16Cl2N2O3S2/c25-18-9-7-16(8-10-18)22(29)27-28-23(30)21(33-24(28)32)13-15-5-11-19(12-6-15)31-14-17-3-1-2-4-20(17)26/h1-13H,14H2,(H,27,29)/b21-13-. The Labute approximate surface area is 210 Å². The number of hydrogen-bond acceptors (Lipinski definition) is 5. The van der Waals surface area contributed by atoms with Gasteiger partial charge in [-0.05, 0) is 66.3 Å². The van der Waals surface area contributed by atoms with Crippen molar-refractivity contribution >= 4 is 69.4 Å². The molecule has 1 saturated heterocycles. The van der Waals surface area contributed by atoms with Crippen molar-refractivity contribution in [2.45, 2.75) is 6.61 Å². The number of thioether (sulfide) groups is 1. The van der Waals surface area contributed by atoms with Crippen LogP contribution in [0.2, 0.25) is 10.0 Å². The van der Waals surface area contributed by atoms with E-state index in [-0.39, 0.29) is 4.32 Å². The van der Waals surface area contributed by atoms with Crippen LogP contribution in [0.15, 0.2) is 77.7 Å². The lowest BCUT2D eigenvalue weighted by Crippen LogP contribution is -2.44. The molecule has 3 aromatic carbocycles. The van der Waals surface area contributed by atoms with E-state index in [4.69, 9.17) is 40.2 Å². The van der Waals surface area contributed by atoms with Gasteiger partial charge in [0.15, 0.2) is 4.32 Å². The summed E-state index contributed by atoms with van der Waals surface area (Å²) in [6.07, 6.45) is 1.71. The van der Waals surface area contributed by atoms with Crippen LogP contribution in [-0.4, -0.2) is 21.1 Å². The highest BCUT2D eigenvalue weighted by atomic mass is 35.5. The van der Waals surface area contributed by atoms with E-state index in [1.165, 1.54) is 0 Å². The van der Waals surface area contributed by atoms with Crippen molar-refractivity contribution in [3.63, 3.8) is 0 Å². The molecule has 0 unspecified atom stereocenters. The second kappa shape index (κ2) is 10.4. The third kappa shape index (κ3) is 5.75. The van der Waals surface area contributed by atoms with Crippen LogP contribution in [0.4, 0.5) is 0 Å². The van der Waals surface area contributed by atoms with Gasteiger partial charge in [-0.3, -0.25) is 15.0 Å². The summed E-state index contributed by atoms with van der Waals surface area (Å²) in [7, 11) is 0. The number of nitrogens with zero attached hydrogens (tertiary/aromatic N) is 1. The van der Waals surface area contributed by atoms with Crippen LogP contribution in [-0.2, 0) is 11.4 Å². The summed E-state index contributed by atoms with van der Waals surface area (Å²) in [6, 6.07) is 21.1. The van der Waals surface area contributed by atoms with Crippen LogP contribution < -0.4 is 10.2 Å². The number of nitrogens with one attached hydrogen (secondary N) is 1. The zero-order valence-electron chi connectivity index (χ0n) is 17.0. The van der Waals surface area contributed by atoms with Crippen LogP contribution in [0.3, 0.4) is 0 Å². The number of carbonyl (C=O) groups excluding carboxylic acids is 2. The lowest BCUT2D eigenvalue weighted by atomic mass is 10.2. The molecule has 0 spiro atoms. The lowest BCUT2D eigenvalue weighted by Gasteiger charge is -2.15. The minimum absolute atomic E-state index is 0.244. The molecule has 9 heteroatoms. The Morgan fingerprint density at radius 1 is 1.03 bits per heavy atom. The van der Waals surface area contributed by atoms with E-state index in [0.29, 0.717) is 32.9 Å². The molecular weight excluding hydrogens is 499 g/mol. The molecule has 0 radical (unpaired) electrons. The summed E-state index contributed by atoms with van der Waals surface area (Å²) >= 11 is 18.4. The molecular formula is C24H16Cl2N2O3S2. The second-order valence-electron chi connectivity index (χ2n) is 6.91. The summed E-state index contributed by atoms with van der Waals surface area (Å²) in [6.45, 7) is 0.352. The van der Waals surface area contributed by atoms with E-state index in [0.717, 1.165) is 27.9 Å². The fraction of sp³-hybridized carbons (Fsp3) is 0.0417. The summed E-state index contributed by atoms with van der Waals surface area (Å²) in [5, 5.41) is 2.24. The highest BCUT2D eigenvalue weighted by Crippen LogP contribution is 2.32. The lowest BCUT2D eigenvalue weighted by molar-refractivity contribution is -0.123. The summed E-state index contributed by atoms with van der Waals surface area (Å²) in [5.74, 6) is -0.176. The van der Waals surface area contributed by atoms with Gasteiger partial charge >= 0.3 is 0 Å². The Balaban J connectivity index is 1.40. The average molecular weight is 515 g/mol. The summed E-state index contributed by atoms with van der Waals surface area (Å²) in [4.78, 5) is 25.6. The number of hydrogen-bond donors (Lipinski definition) is 1. The van der Waals surface area contributed by atoms with Gasteiger partial charge < -0.3 is 4.74 Å². The molecule has 3 aromatic rings. The zero-order chi connectivity index (χ0) is 23.4. The number of thiocarbonyl (C=S) groups is 1. The third-order valence-corrected chi connectivity index (χ3v) is 6.57. The van der Waals surface area contributed by atoms with Crippen LogP contribution in [0, 0.1) is 0 Å². The molecule has 0 saturated carbocycles. The van der Waals surface area contributed by atoms with Crippen molar-refractivity contribution in [3.05, 3.63) is 104 Å². The van der Waals surface area contributed by atoms with E-state index in [1.54, 1.807) is 30.3 Å². The van der Waals surface area contributed by atoms with E-state index >= 15 is 0 Å². The molecule has 33 heavy (non-hydrogen) atoms. The molecule has 1 fully saturated rings. The first kappa shape index (κ1) is 23.3. The Kier molecular flexibility index (Phi) is 7.35. The van der Waals surface area contributed by atoms with E-state index in [9.17, 15) is 9.59 Å². The molecule has 1 heterocycles. The van der Waals surface area contributed by atoms with Gasteiger partial charge in [0.1, 0.15) is 12.4 Å². The maximum atomic E-state index is 12.8. The van der Waals surface area contributed by atoms with E-state index in [2.05, 4.69) is 5.43 Å². The Hall–Kier alpha value is -2.84. The zero-order valence-corrected chi connectivity index (χ0v) is 20.1. The number of hydrazine groups is 1. The van der Waals surface area contributed by atoms with Crippen molar-refractivity contribution in [3.8, 4) is 5.75 Å². The van der Waals surface area contributed by atoms with Crippen molar-refractivity contribution in [2.75, 3.05) is 0 Å². The topological polar surface area (TPSA) is 58.6 Å². The predicted octanol–water partition coefficient (Wildman–Crippen LogP) is 6.12. The minimum Gasteiger partial charge on any atom is -0.489 e. The first-order chi connectivity index (χ1) is 15.9. The Bertz CT molecular complexity index is 1250. The second-order valence-corrected chi connectivity index (χ2v) is 9.43. The molecule has 0 aromatic heterocycles. The molecule has 5 nitrogen and oxygen atoms in total. The van der Waals surface area contributed by atoms with Gasteiger partial charge in [-0.15, -0.1) is 0 Å². The molecule has 1 N–H and O–H groups in total. The number of amides is 2. The molecule has 2 amide bonds. The van der Waals surface area contributed by atoms with Gasteiger partial charge in [0.2, 0.25) is 0 Å². The van der Waals surface area contributed by atoms with Crippen LogP contribution >= 0.6 is 47.2 Å². The van der Waals surface area contributed by atoms with Crippen molar-refractivity contribution < 1.29 is 14.3 Å². The summed E-state index contributed by atoms with van der Waals surface area (Å²) in [5.41, 5.74) is 4.60.